The van der Waals surface area contributed by atoms with Crippen molar-refractivity contribution in [1.82, 2.24) is 15.1 Å². The number of carbonyl (C=O) groups is 3. The Morgan fingerprint density at radius 2 is 0.833 bits per heavy atom. The molecule has 0 bridgehead atoms. The van der Waals surface area contributed by atoms with E-state index in [1.54, 1.807) is 11.8 Å². The Morgan fingerprint density at radius 1 is 0.438 bits per heavy atom. The highest BCUT2D eigenvalue weighted by Gasteiger charge is 2.14. The molecule has 0 aromatic rings. The van der Waals surface area contributed by atoms with E-state index in [9.17, 15) is 14.4 Å². The molecule has 0 aliphatic rings. The molecule has 0 saturated carbocycles. The van der Waals surface area contributed by atoms with Crippen molar-refractivity contribution in [3.05, 3.63) is 0 Å². The van der Waals surface area contributed by atoms with Crippen LogP contribution in [0.15, 0.2) is 0 Å². The van der Waals surface area contributed by atoms with Gasteiger partial charge in [-0.05, 0) is 12.8 Å². The molecule has 0 aromatic carbocycles. The molecule has 7 heteroatoms. The van der Waals surface area contributed by atoms with Crippen LogP contribution in [0.25, 0.3) is 0 Å². The van der Waals surface area contributed by atoms with Crippen LogP contribution in [-0.2, 0) is 14.4 Å². The number of carbonyl (C=O) groups excluding carboxylic acids is 3. The zero-order valence-electron chi connectivity index (χ0n) is 32.6. The van der Waals surface area contributed by atoms with Crippen LogP contribution in [0.4, 0.5) is 0 Å². The highest BCUT2D eigenvalue weighted by molar-refractivity contribution is 7.99. The van der Waals surface area contributed by atoms with Gasteiger partial charge in [0.1, 0.15) is 0 Å². The Bertz CT molecular complexity index is 708. The number of nitrogens with one attached hydrogen (secondary N) is 1. The molecule has 0 fully saturated rings. The standard InChI is InChI=1S/C41H81N3O3S/c1-5-9-11-13-15-17-19-21-23-25-27-29-33-43(34-30-28-26-24-22-20-18-16-14-12-10-6-2)41(47)31-37-48-38-36-44(40(46)8-4)35-32-42-39(45)7-3/h5-38H2,1-4H3,(H,42,45). The number of amides is 3. The molecule has 0 aromatic heterocycles. The van der Waals surface area contributed by atoms with Crippen molar-refractivity contribution < 1.29 is 14.4 Å². The fourth-order valence-corrected chi connectivity index (χ4v) is 7.16. The third-order valence-corrected chi connectivity index (χ3v) is 10.5. The fourth-order valence-electron chi connectivity index (χ4n) is 6.28. The second kappa shape index (κ2) is 37.0. The summed E-state index contributed by atoms with van der Waals surface area (Å²) in [6.07, 6.45) is 33.6. The predicted molar refractivity (Wildman–Crippen MR) is 211 cm³/mol. The Labute approximate surface area is 303 Å². The summed E-state index contributed by atoms with van der Waals surface area (Å²) in [5.41, 5.74) is 0. The highest BCUT2D eigenvalue weighted by atomic mass is 32.2. The monoisotopic (exact) mass is 696 g/mol. The van der Waals surface area contributed by atoms with Crippen molar-refractivity contribution in [3.8, 4) is 0 Å². The maximum atomic E-state index is 13.3. The zero-order valence-corrected chi connectivity index (χ0v) is 33.4. The summed E-state index contributed by atoms with van der Waals surface area (Å²) < 4.78 is 0. The predicted octanol–water partition coefficient (Wildman–Crippen LogP) is 11.1. The van der Waals surface area contributed by atoms with E-state index in [4.69, 9.17) is 0 Å². The van der Waals surface area contributed by atoms with Gasteiger partial charge >= 0.3 is 0 Å². The lowest BCUT2D eigenvalue weighted by Gasteiger charge is -2.24. The Hall–Kier alpha value is -1.24. The number of hydrogen-bond acceptors (Lipinski definition) is 4. The highest BCUT2D eigenvalue weighted by Crippen LogP contribution is 2.15. The van der Waals surface area contributed by atoms with Crippen LogP contribution in [0.5, 0.6) is 0 Å². The minimum absolute atomic E-state index is 0.0170. The van der Waals surface area contributed by atoms with Gasteiger partial charge in [-0.25, -0.2) is 0 Å². The number of hydrogen-bond donors (Lipinski definition) is 1. The third-order valence-electron chi connectivity index (χ3n) is 9.56. The summed E-state index contributed by atoms with van der Waals surface area (Å²) in [6.45, 7) is 11.8. The molecule has 0 rings (SSSR count). The van der Waals surface area contributed by atoms with E-state index in [1.807, 2.05) is 18.7 Å². The summed E-state index contributed by atoms with van der Waals surface area (Å²) in [5, 5.41) is 2.87. The summed E-state index contributed by atoms with van der Waals surface area (Å²) >= 11 is 1.76. The lowest BCUT2D eigenvalue weighted by Crippen LogP contribution is -2.39. The molecule has 0 unspecified atom stereocenters. The van der Waals surface area contributed by atoms with Gasteiger partial charge < -0.3 is 15.1 Å². The van der Waals surface area contributed by atoms with Crippen molar-refractivity contribution in [1.29, 1.82) is 0 Å². The molecule has 0 aliphatic heterocycles. The lowest BCUT2D eigenvalue weighted by atomic mass is 10.0. The van der Waals surface area contributed by atoms with Crippen LogP contribution in [-0.4, -0.2) is 71.8 Å². The van der Waals surface area contributed by atoms with E-state index >= 15 is 0 Å². The van der Waals surface area contributed by atoms with Gasteiger partial charge in [-0.1, -0.05) is 169 Å². The van der Waals surface area contributed by atoms with Gasteiger partial charge in [0.25, 0.3) is 0 Å². The Morgan fingerprint density at radius 3 is 1.23 bits per heavy atom. The normalized spacial score (nSPS) is 11.2. The number of thioether (sulfide) groups is 1. The van der Waals surface area contributed by atoms with Gasteiger partial charge in [0.2, 0.25) is 17.7 Å². The molecule has 6 nitrogen and oxygen atoms in total. The van der Waals surface area contributed by atoms with Crippen molar-refractivity contribution in [3.63, 3.8) is 0 Å². The molecule has 284 valence electrons. The van der Waals surface area contributed by atoms with E-state index < -0.39 is 0 Å². The summed E-state index contributed by atoms with van der Waals surface area (Å²) in [4.78, 5) is 41.2. The molecule has 48 heavy (non-hydrogen) atoms. The lowest BCUT2D eigenvalue weighted by molar-refractivity contribution is -0.131. The first kappa shape index (κ1) is 46.8. The summed E-state index contributed by atoms with van der Waals surface area (Å²) in [6, 6.07) is 0. The van der Waals surface area contributed by atoms with Crippen LogP contribution in [0.3, 0.4) is 0 Å². The van der Waals surface area contributed by atoms with Gasteiger partial charge in [-0.2, -0.15) is 11.8 Å². The third kappa shape index (κ3) is 30.8. The fraction of sp³-hybridized carbons (Fsp3) is 0.927. The van der Waals surface area contributed by atoms with Crippen LogP contribution >= 0.6 is 11.8 Å². The van der Waals surface area contributed by atoms with Crippen molar-refractivity contribution in [2.75, 3.05) is 44.2 Å². The van der Waals surface area contributed by atoms with E-state index in [1.165, 1.54) is 141 Å². The average molecular weight is 696 g/mol. The molecular formula is C41H81N3O3S. The van der Waals surface area contributed by atoms with Gasteiger partial charge in [0.15, 0.2) is 0 Å². The Balaban J connectivity index is 4.42. The van der Waals surface area contributed by atoms with Gasteiger partial charge in [0.05, 0.1) is 0 Å². The van der Waals surface area contributed by atoms with Crippen molar-refractivity contribution in [2.45, 2.75) is 201 Å². The van der Waals surface area contributed by atoms with Crippen LogP contribution < -0.4 is 5.32 Å². The second-order valence-corrected chi connectivity index (χ2v) is 15.2. The number of unbranched alkanes of at least 4 members (excludes halogenated alkanes) is 22. The maximum Gasteiger partial charge on any atom is 0.223 e. The molecule has 0 radical (unpaired) electrons. The largest absolute Gasteiger partial charge is 0.354 e. The van der Waals surface area contributed by atoms with Crippen molar-refractivity contribution in [2.24, 2.45) is 0 Å². The van der Waals surface area contributed by atoms with Gasteiger partial charge in [0, 0.05) is 63.5 Å². The summed E-state index contributed by atoms with van der Waals surface area (Å²) in [7, 11) is 0. The molecule has 0 heterocycles. The molecule has 0 atom stereocenters. The minimum Gasteiger partial charge on any atom is -0.354 e. The second-order valence-electron chi connectivity index (χ2n) is 14.0. The molecule has 3 amide bonds. The first-order valence-corrected chi connectivity index (χ1v) is 22.0. The topological polar surface area (TPSA) is 69.7 Å². The molecular weight excluding hydrogens is 615 g/mol. The van der Waals surface area contributed by atoms with Crippen LogP contribution in [0.2, 0.25) is 0 Å². The SMILES string of the molecule is CCCCCCCCCCCCCCN(CCCCCCCCCCCCCC)C(=O)CCSCCN(CCNC(=O)CC)C(=O)CC. The average Bonchev–Trinajstić information content (AvgIpc) is 3.10. The zero-order chi connectivity index (χ0) is 35.3. The maximum absolute atomic E-state index is 13.3. The first-order chi connectivity index (χ1) is 23.5. The van der Waals surface area contributed by atoms with E-state index in [0.29, 0.717) is 44.8 Å². The van der Waals surface area contributed by atoms with Crippen molar-refractivity contribution >= 4 is 29.5 Å². The summed E-state index contributed by atoms with van der Waals surface area (Å²) in [5.74, 6) is 2.06. The smallest absolute Gasteiger partial charge is 0.223 e. The van der Waals surface area contributed by atoms with E-state index in [0.717, 1.165) is 37.4 Å². The number of rotatable bonds is 37. The minimum atomic E-state index is 0.0170. The molecule has 1 N–H and O–H groups in total. The molecule has 0 spiro atoms. The number of nitrogens with zero attached hydrogens (tertiary/aromatic N) is 2. The van der Waals surface area contributed by atoms with Gasteiger partial charge in [-0.3, -0.25) is 14.4 Å². The van der Waals surface area contributed by atoms with Gasteiger partial charge in [-0.15, -0.1) is 0 Å². The van der Waals surface area contributed by atoms with Crippen LogP contribution in [0.1, 0.15) is 201 Å². The first-order valence-electron chi connectivity index (χ1n) is 20.9. The Kier molecular flexibility index (Phi) is 36.1. The molecule has 0 aliphatic carbocycles. The van der Waals surface area contributed by atoms with E-state index in [2.05, 4.69) is 24.1 Å². The van der Waals surface area contributed by atoms with Crippen LogP contribution in [0, 0.1) is 0 Å². The van der Waals surface area contributed by atoms with E-state index in [-0.39, 0.29) is 11.8 Å². The quantitative estimate of drug-likeness (QED) is 0.0657. The molecule has 0 saturated heterocycles.